The third kappa shape index (κ3) is 4.23. The minimum Gasteiger partial charge on any atom is -0.292 e. The van der Waals surface area contributed by atoms with Crippen molar-refractivity contribution in [3.05, 3.63) is 134 Å². The summed E-state index contributed by atoms with van der Waals surface area (Å²) in [7, 11) is 0. The number of hydrogen-bond donors (Lipinski definition) is 0. The Hall–Kier alpha value is -4.18. The third-order valence-electron chi connectivity index (χ3n) is 6.53. The molecule has 11 heteroatoms. The number of rotatable bonds is 5. The van der Waals surface area contributed by atoms with Gasteiger partial charge >= 0.3 is 0 Å². The number of hydrazone groups is 2. The van der Waals surface area contributed by atoms with Crippen LogP contribution in [0.2, 0.25) is 10.0 Å². The van der Waals surface area contributed by atoms with Crippen molar-refractivity contribution in [2.75, 3.05) is 10.0 Å². The minimum atomic E-state index is -1.19. The van der Waals surface area contributed by atoms with Crippen LogP contribution >= 0.6 is 35.0 Å². The third-order valence-corrected chi connectivity index (χ3v) is 8.51. The van der Waals surface area contributed by atoms with Crippen molar-refractivity contribution < 1.29 is 9.72 Å². The Morgan fingerprint density at radius 2 is 1.50 bits per heavy atom. The minimum absolute atomic E-state index is 0.0553. The van der Waals surface area contributed by atoms with Crippen LogP contribution in [-0.4, -0.2) is 21.5 Å². The zero-order valence-electron chi connectivity index (χ0n) is 20.9. The van der Waals surface area contributed by atoms with E-state index >= 15 is 0 Å². The maximum absolute atomic E-state index is 12.8. The summed E-state index contributed by atoms with van der Waals surface area (Å²) in [6.07, 6.45) is 0. The van der Waals surface area contributed by atoms with E-state index in [0.29, 0.717) is 27.0 Å². The number of halogens is 2. The fourth-order valence-electron chi connectivity index (χ4n) is 4.74. The summed E-state index contributed by atoms with van der Waals surface area (Å²) in [5.74, 6) is -0.216. The summed E-state index contributed by atoms with van der Waals surface area (Å²) in [5.41, 5.74) is 4.03. The molecule has 1 atom stereocenters. The average molecular weight is 588 g/mol. The van der Waals surface area contributed by atoms with Crippen LogP contribution in [0.5, 0.6) is 0 Å². The van der Waals surface area contributed by atoms with Gasteiger partial charge in [0.05, 0.1) is 21.3 Å². The number of Topliss-reactive ketones (excluding diaryl/α,β-unsaturated/α-hetero) is 1. The first-order valence-electron chi connectivity index (χ1n) is 12.1. The number of carbonyl (C=O) groups is 1. The Labute approximate surface area is 243 Å². The van der Waals surface area contributed by atoms with E-state index in [0.717, 1.165) is 16.8 Å². The number of thioether (sulfide) groups is 1. The number of benzene rings is 4. The molecule has 2 heterocycles. The molecule has 4 aromatic carbocycles. The highest BCUT2D eigenvalue weighted by Gasteiger charge is 2.56. The van der Waals surface area contributed by atoms with Gasteiger partial charge in [0, 0.05) is 40.8 Å². The number of anilines is 2. The lowest BCUT2D eigenvalue weighted by molar-refractivity contribution is -0.384. The van der Waals surface area contributed by atoms with Crippen LogP contribution in [0.3, 0.4) is 0 Å². The average Bonchev–Trinajstić information content (AvgIpc) is 3.37. The van der Waals surface area contributed by atoms with E-state index in [1.165, 1.54) is 30.8 Å². The molecule has 0 amide bonds. The number of carbonyl (C=O) groups excluding carboxylic acids is 1. The van der Waals surface area contributed by atoms with Gasteiger partial charge in [-0.1, -0.05) is 65.7 Å². The highest BCUT2D eigenvalue weighted by atomic mass is 35.5. The fourth-order valence-corrected chi connectivity index (χ4v) is 6.41. The summed E-state index contributed by atoms with van der Waals surface area (Å²) in [6, 6.07) is 28.5. The standard InChI is InChI=1S/C29H19Cl2N5O3S/c1-18(37)28-33-35(21-12-14-22(15-13-21)36(38)39)29(40-28)25-10-6-5-9-23(25)27(24-17-19(30)11-16-26(24)31)32-34(29)20-7-3-2-4-8-20/h2-17H,1H3/t29-/m0/s1. The number of nitro groups is 1. The molecule has 8 nitrogen and oxygen atoms in total. The van der Waals surface area contributed by atoms with Crippen LogP contribution in [0.4, 0.5) is 17.1 Å². The van der Waals surface area contributed by atoms with Crippen molar-refractivity contribution >= 4 is 68.6 Å². The molecule has 0 fully saturated rings. The topological polar surface area (TPSA) is 91.4 Å². The molecule has 0 radical (unpaired) electrons. The van der Waals surface area contributed by atoms with Crippen molar-refractivity contribution in [2.24, 2.45) is 10.2 Å². The van der Waals surface area contributed by atoms with Crippen molar-refractivity contribution in [1.29, 1.82) is 0 Å². The van der Waals surface area contributed by atoms with Crippen molar-refractivity contribution in [1.82, 2.24) is 0 Å². The number of nitro benzene ring substituents is 1. The van der Waals surface area contributed by atoms with Gasteiger partial charge in [-0.25, -0.2) is 10.0 Å². The number of ketones is 1. The molecule has 2 aliphatic rings. The molecule has 0 unspecified atom stereocenters. The normalized spacial score (nSPS) is 17.9. The van der Waals surface area contributed by atoms with Crippen molar-refractivity contribution in [3.63, 3.8) is 0 Å². The van der Waals surface area contributed by atoms with Gasteiger partial charge in [0.25, 0.3) is 5.69 Å². The van der Waals surface area contributed by atoms with Crippen LogP contribution in [0.15, 0.2) is 107 Å². The van der Waals surface area contributed by atoms with Crippen LogP contribution in [0, 0.1) is 10.1 Å². The van der Waals surface area contributed by atoms with Gasteiger partial charge in [0.2, 0.25) is 4.99 Å². The zero-order valence-corrected chi connectivity index (χ0v) is 23.2. The predicted octanol–water partition coefficient (Wildman–Crippen LogP) is 7.44. The molecule has 1 spiro atoms. The van der Waals surface area contributed by atoms with E-state index in [9.17, 15) is 14.9 Å². The molecule has 0 N–H and O–H groups in total. The van der Waals surface area contributed by atoms with Crippen molar-refractivity contribution in [2.45, 2.75) is 11.9 Å². The van der Waals surface area contributed by atoms with Crippen LogP contribution in [0.25, 0.3) is 0 Å². The molecule has 0 aromatic heterocycles. The van der Waals surface area contributed by atoms with Crippen molar-refractivity contribution in [3.8, 4) is 0 Å². The summed E-state index contributed by atoms with van der Waals surface area (Å²) in [6.45, 7) is 1.46. The first kappa shape index (κ1) is 26.1. The lowest BCUT2D eigenvalue weighted by Crippen LogP contribution is -2.54. The molecule has 6 rings (SSSR count). The molecule has 198 valence electrons. The predicted molar refractivity (Wildman–Crippen MR) is 160 cm³/mol. The fraction of sp³-hybridized carbons (Fsp3) is 0.0690. The number of para-hydroxylation sites is 1. The van der Waals surface area contributed by atoms with Gasteiger partial charge in [-0.3, -0.25) is 14.9 Å². The highest BCUT2D eigenvalue weighted by molar-refractivity contribution is 8.17. The van der Waals surface area contributed by atoms with Gasteiger partial charge in [-0.05, 0) is 54.2 Å². The number of hydrogen-bond acceptors (Lipinski definition) is 8. The zero-order chi connectivity index (χ0) is 28.0. The number of nitrogens with zero attached hydrogens (tertiary/aromatic N) is 5. The summed E-state index contributed by atoms with van der Waals surface area (Å²) in [5, 5.41) is 26.1. The van der Waals surface area contributed by atoms with E-state index in [4.69, 9.17) is 33.4 Å². The second-order valence-corrected chi connectivity index (χ2v) is 11.0. The van der Waals surface area contributed by atoms with Gasteiger partial charge in [0.15, 0.2) is 10.8 Å². The first-order valence-corrected chi connectivity index (χ1v) is 13.7. The maximum atomic E-state index is 12.8. The highest BCUT2D eigenvalue weighted by Crippen LogP contribution is 2.55. The Morgan fingerprint density at radius 1 is 0.850 bits per heavy atom. The molecule has 2 aliphatic heterocycles. The lowest BCUT2D eigenvalue weighted by Gasteiger charge is -2.47. The molecule has 0 aliphatic carbocycles. The van der Waals surface area contributed by atoms with E-state index in [1.807, 2.05) is 59.6 Å². The SMILES string of the molecule is CC(=O)C1=NN(c2ccc([N+](=O)[O-])cc2)[C@]2(S1)c1ccccc1C(c1cc(Cl)ccc1Cl)=NN2c1ccccc1. The van der Waals surface area contributed by atoms with Gasteiger partial charge in [-0.2, -0.15) is 10.2 Å². The monoisotopic (exact) mass is 587 g/mol. The molecule has 0 bridgehead atoms. The molecular formula is C29H19Cl2N5O3S. The maximum Gasteiger partial charge on any atom is 0.269 e. The van der Waals surface area contributed by atoms with E-state index in [1.54, 1.807) is 35.3 Å². The molecule has 0 saturated heterocycles. The molecule has 0 saturated carbocycles. The Balaban J connectivity index is 1.66. The smallest absolute Gasteiger partial charge is 0.269 e. The Kier molecular flexibility index (Phi) is 6.58. The van der Waals surface area contributed by atoms with E-state index in [-0.39, 0.29) is 16.5 Å². The molecule has 40 heavy (non-hydrogen) atoms. The largest absolute Gasteiger partial charge is 0.292 e. The van der Waals surface area contributed by atoms with Gasteiger partial charge in [0.1, 0.15) is 5.71 Å². The van der Waals surface area contributed by atoms with Crippen LogP contribution in [-0.2, 0) is 9.79 Å². The van der Waals surface area contributed by atoms with E-state index in [2.05, 4.69) is 0 Å². The number of non-ortho nitro benzene ring substituents is 1. The summed E-state index contributed by atoms with van der Waals surface area (Å²) < 4.78 is 0. The quantitative estimate of drug-likeness (QED) is 0.178. The second-order valence-electron chi connectivity index (χ2n) is 9.02. The molecular weight excluding hydrogens is 569 g/mol. The Bertz CT molecular complexity index is 1730. The van der Waals surface area contributed by atoms with Crippen LogP contribution in [0.1, 0.15) is 23.6 Å². The second kappa shape index (κ2) is 10.1. The molecule has 4 aromatic rings. The summed E-state index contributed by atoms with van der Waals surface area (Å²) in [4.78, 5) is 22.5. The lowest BCUT2D eigenvalue weighted by atomic mass is 9.93. The van der Waals surface area contributed by atoms with Gasteiger partial charge in [-0.15, -0.1) is 0 Å². The number of fused-ring (bicyclic) bond motifs is 2. The summed E-state index contributed by atoms with van der Waals surface area (Å²) >= 11 is 14.3. The Morgan fingerprint density at radius 3 is 2.20 bits per heavy atom. The van der Waals surface area contributed by atoms with E-state index < -0.39 is 9.92 Å². The first-order chi connectivity index (χ1) is 19.3. The van der Waals surface area contributed by atoms with Gasteiger partial charge < -0.3 is 0 Å². The van der Waals surface area contributed by atoms with Crippen LogP contribution < -0.4 is 10.0 Å².